The molecule has 13 heavy (non-hydrogen) atoms. The molecule has 1 aromatic rings. The van der Waals surface area contributed by atoms with E-state index in [9.17, 15) is 4.79 Å². The smallest absolute Gasteiger partial charge is 0.164 e. The Morgan fingerprint density at radius 2 is 2.38 bits per heavy atom. The van der Waals surface area contributed by atoms with Crippen LogP contribution in [-0.4, -0.2) is 5.78 Å². The number of hydrogen-bond acceptors (Lipinski definition) is 2. The fraction of sp³-hybridized carbons (Fsp3) is 0.364. The van der Waals surface area contributed by atoms with E-state index in [0.29, 0.717) is 12.8 Å². The number of aryl methyl sites for hydroxylation is 1. The van der Waals surface area contributed by atoms with Crippen molar-refractivity contribution in [3.63, 3.8) is 0 Å². The highest BCUT2D eigenvalue weighted by atomic mass is 32.1. The molecule has 1 aromatic heterocycles. The molecule has 2 heteroatoms. The van der Waals surface area contributed by atoms with Crippen LogP contribution in [-0.2, 0) is 0 Å². The van der Waals surface area contributed by atoms with E-state index in [1.54, 1.807) is 11.3 Å². The molecule has 0 aliphatic rings. The van der Waals surface area contributed by atoms with Crippen LogP contribution in [0.5, 0.6) is 0 Å². The first kappa shape index (κ1) is 10.0. The number of carbonyl (C=O) groups excluding carboxylic acids is 1. The Morgan fingerprint density at radius 1 is 1.62 bits per heavy atom. The predicted octanol–water partition coefficient (Wildman–Crippen LogP) is 3.04. The van der Waals surface area contributed by atoms with Gasteiger partial charge in [0.25, 0.3) is 0 Å². The minimum Gasteiger partial charge on any atom is -0.294 e. The zero-order valence-electron chi connectivity index (χ0n) is 7.67. The molecule has 1 heterocycles. The molecule has 1 nitrogen and oxygen atoms in total. The van der Waals surface area contributed by atoms with E-state index in [2.05, 4.69) is 5.92 Å². The number of unbranched alkanes of at least 4 members (excludes halogenated alkanes) is 1. The van der Waals surface area contributed by atoms with Gasteiger partial charge in [-0.25, -0.2) is 0 Å². The molecule has 0 aromatic carbocycles. The van der Waals surface area contributed by atoms with Crippen LogP contribution < -0.4 is 0 Å². The summed E-state index contributed by atoms with van der Waals surface area (Å²) in [5.41, 5.74) is 1.94. The molecule has 0 saturated carbocycles. The van der Waals surface area contributed by atoms with Crippen molar-refractivity contribution in [1.82, 2.24) is 0 Å². The highest BCUT2D eigenvalue weighted by molar-refractivity contribution is 7.08. The number of hydrogen-bond donors (Lipinski definition) is 0. The van der Waals surface area contributed by atoms with E-state index >= 15 is 0 Å². The Bertz CT molecular complexity index is 330. The first-order chi connectivity index (χ1) is 6.25. The summed E-state index contributed by atoms with van der Waals surface area (Å²) in [5.74, 6) is 2.75. The summed E-state index contributed by atoms with van der Waals surface area (Å²) in [4.78, 5) is 11.5. The maximum Gasteiger partial charge on any atom is 0.164 e. The van der Waals surface area contributed by atoms with Crippen LogP contribution in [0.2, 0.25) is 0 Å². The lowest BCUT2D eigenvalue weighted by Gasteiger charge is -1.97. The van der Waals surface area contributed by atoms with Crippen LogP contribution in [0.1, 0.15) is 35.2 Å². The van der Waals surface area contributed by atoms with Crippen LogP contribution in [0.3, 0.4) is 0 Å². The summed E-state index contributed by atoms with van der Waals surface area (Å²) < 4.78 is 0. The van der Waals surface area contributed by atoms with Crippen molar-refractivity contribution in [3.05, 3.63) is 21.9 Å². The molecule has 0 radical (unpaired) electrons. The van der Waals surface area contributed by atoms with Gasteiger partial charge in [-0.3, -0.25) is 4.79 Å². The molecule has 0 bridgehead atoms. The number of rotatable bonds is 4. The van der Waals surface area contributed by atoms with Crippen molar-refractivity contribution >= 4 is 17.1 Å². The molecule has 0 aliphatic heterocycles. The molecule has 0 aliphatic carbocycles. The molecular weight excluding hydrogens is 180 g/mol. The predicted molar refractivity (Wildman–Crippen MR) is 56.1 cm³/mol. The molecule has 0 N–H and O–H groups in total. The van der Waals surface area contributed by atoms with E-state index < -0.39 is 0 Å². The third kappa shape index (κ3) is 2.71. The second-order valence-electron chi connectivity index (χ2n) is 2.95. The summed E-state index contributed by atoms with van der Waals surface area (Å²) in [6.45, 7) is 1.96. The van der Waals surface area contributed by atoms with Crippen molar-refractivity contribution in [1.29, 1.82) is 0 Å². The fourth-order valence-electron chi connectivity index (χ4n) is 1.13. The SMILES string of the molecule is C#CCCCC(=O)c1cscc1C. The number of Topliss-reactive ketones (excluding diaryl/α,β-unsaturated/α-hetero) is 1. The van der Waals surface area contributed by atoms with Gasteiger partial charge in [0.15, 0.2) is 5.78 Å². The highest BCUT2D eigenvalue weighted by Gasteiger charge is 2.08. The normalized spacial score (nSPS) is 9.54. The third-order valence-electron chi connectivity index (χ3n) is 1.88. The number of ketones is 1. The number of terminal acetylenes is 1. The molecule has 68 valence electrons. The number of carbonyl (C=O) groups is 1. The van der Waals surface area contributed by atoms with Gasteiger partial charge >= 0.3 is 0 Å². The molecule has 0 unspecified atom stereocenters. The highest BCUT2D eigenvalue weighted by Crippen LogP contribution is 2.16. The van der Waals surface area contributed by atoms with Gasteiger partial charge in [0.05, 0.1) is 0 Å². The van der Waals surface area contributed by atoms with Crippen LogP contribution in [0.15, 0.2) is 10.8 Å². The molecule has 0 amide bonds. The topological polar surface area (TPSA) is 17.1 Å². The lowest BCUT2D eigenvalue weighted by atomic mass is 10.1. The van der Waals surface area contributed by atoms with Crippen LogP contribution in [0.4, 0.5) is 0 Å². The summed E-state index contributed by atoms with van der Waals surface area (Å²) in [6.07, 6.45) is 7.16. The second kappa shape index (κ2) is 4.84. The van der Waals surface area contributed by atoms with Crippen LogP contribution >= 0.6 is 11.3 Å². The fourth-order valence-corrected chi connectivity index (χ4v) is 1.98. The maximum absolute atomic E-state index is 11.5. The van der Waals surface area contributed by atoms with Crippen molar-refractivity contribution in [2.75, 3.05) is 0 Å². The Kier molecular flexibility index (Phi) is 3.72. The van der Waals surface area contributed by atoms with E-state index in [1.807, 2.05) is 17.7 Å². The standard InChI is InChI=1S/C11H12OS/c1-3-4-5-6-11(12)10-8-13-7-9(10)2/h1,7-8H,4-6H2,2H3. The summed E-state index contributed by atoms with van der Waals surface area (Å²) in [5, 5.41) is 3.90. The summed E-state index contributed by atoms with van der Waals surface area (Å²) in [6, 6.07) is 0. The van der Waals surface area contributed by atoms with Gasteiger partial charge < -0.3 is 0 Å². The van der Waals surface area contributed by atoms with E-state index in [4.69, 9.17) is 6.42 Å². The first-order valence-corrected chi connectivity index (χ1v) is 5.19. The lowest BCUT2D eigenvalue weighted by molar-refractivity contribution is 0.0980. The molecular formula is C11H12OS. The maximum atomic E-state index is 11.5. The lowest BCUT2D eigenvalue weighted by Crippen LogP contribution is -1.98. The van der Waals surface area contributed by atoms with E-state index in [0.717, 1.165) is 17.5 Å². The monoisotopic (exact) mass is 192 g/mol. The average molecular weight is 192 g/mol. The van der Waals surface area contributed by atoms with E-state index in [1.165, 1.54) is 0 Å². The largest absolute Gasteiger partial charge is 0.294 e. The van der Waals surface area contributed by atoms with Gasteiger partial charge in [0.2, 0.25) is 0 Å². The van der Waals surface area contributed by atoms with Crippen molar-refractivity contribution in [2.24, 2.45) is 0 Å². The molecule has 0 saturated heterocycles. The van der Waals surface area contributed by atoms with Crippen molar-refractivity contribution < 1.29 is 4.79 Å². The Balaban J connectivity index is 2.50. The minimum atomic E-state index is 0.217. The van der Waals surface area contributed by atoms with Crippen LogP contribution in [0.25, 0.3) is 0 Å². The zero-order valence-corrected chi connectivity index (χ0v) is 8.49. The number of thiophene rings is 1. The average Bonchev–Trinajstić information content (AvgIpc) is 2.52. The summed E-state index contributed by atoms with van der Waals surface area (Å²) in [7, 11) is 0. The van der Waals surface area contributed by atoms with Gasteiger partial charge in [-0.2, -0.15) is 11.3 Å². The second-order valence-corrected chi connectivity index (χ2v) is 3.69. The molecule has 0 atom stereocenters. The molecule has 0 fully saturated rings. The molecule has 0 spiro atoms. The third-order valence-corrected chi connectivity index (χ3v) is 2.74. The summed E-state index contributed by atoms with van der Waals surface area (Å²) >= 11 is 1.57. The first-order valence-electron chi connectivity index (χ1n) is 4.25. The molecule has 1 rings (SSSR count). The van der Waals surface area contributed by atoms with E-state index in [-0.39, 0.29) is 5.78 Å². The Hall–Kier alpha value is -1.07. The zero-order chi connectivity index (χ0) is 9.68. The van der Waals surface area contributed by atoms with Gasteiger partial charge in [0.1, 0.15) is 0 Å². The Labute approximate surface area is 82.8 Å². The minimum absolute atomic E-state index is 0.217. The van der Waals surface area contributed by atoms with Gasteiger partial charge in [0, 0.05) is 23.8 Å². The Morgan fingerprint density at radius 3 is 2.92 bits per heavy atom. The van der Waals surface area contributed by atoms with Gasteiger partial charge in [-0.15, -0.1) is 12.3 Å². The van der Waals surface area contributed by atoms with Gasteiger partial charge in [-0.1, -0.05) is 0 Å². The van der Waals surface area contributed by atoms with Gasteiger partial charge in [-0.05, 0) is 24.3 Å². The quantitative estimate of drug-likeness (QED) is 0.407. The van der Waals surface area contributed by atoms with Crippen LogP contribution in [0, 0.1) is 19.3 Å². The van der Waals surface area contributed by atoms with Crippen molar-refractivity contribution in [3.8, 4) is 12.3 Å². The van der Waals surface area contributed by atoms with Crippen molar-refractivity contribution in [2.45, 2.75) is 26.2 Å².